The van der Waals surface area contributed by atoms with E-state index >= 15 is 0 Å². The van der Waals surface area contributed by atoms with Gasteiger partial charge in [0.1, 0.15) is 0 Å². The number of hydrogen-bond donors (Lipinski definition) is 2. The number of rotatable bonds is 3. The molecule has 0 saturated heterocycles. The van der Waals surface area contributed by atoms with Gasteiger partial charge in [-0.3, -0.25) is 0 Å². The van der Waals surface area contributed by atoms with Crippen molar-refractivity contribution in [2.45, 2.75) is 26.6 Å². The Labute approximate surface area is 121 Å². The molecule has 2 aromatic rings. The third-order valence-corrected chi connectivity index (χ3v) is 3.56. The van der Waals surface area contributed by atoms with Crippen LogP contribution in [-0.4, -0.2) is 0 Å². The van der Waals surface area contributed by atoms with E-state index < -0.39 is 11.7 Å². The van der Waals surface area contributed by atoms with Gasteiger partial charge in [-0.25, -0.2) is 0 Å². The molecule has 0 aliphatic heterocycles. The van der Waals surface area contributed by atoms with Crippen LogP contribution in [0.25, 0.3) is 0 Å². The molecule has 0 heterocycles. The second-order valence-electron chi connectivity index (χ2n) is 5.00. The standard InChI is InChI=1S/C16H17F3N2/c1-10-11(2)15(8-7-14(10)16(17,18)19)21-9-12-3-5-13(20)6-4-12/h3-8,21H,9,20H2,1-2H3. The van der Waals surface area contributed by atoms with Crippen LogP contribution in [-0.2, 0) is 12.7 Å². The quantitative estimate of drug-likeness (QED) is 0.817. The van der Waals surface area contributed by atoms with Crippen LogP contribution in [0.5, 0.6) is 0 Å². The van der Waals surface area contributed by atoms with E-state index in [9.17, 15) is 13.2 Å². The van der Waals surface area contributed by atoms with Crippen molar-refractivity contribution in [1.82, 2.24) is 0 Å². The Morgan fingerprint density at radius 1 is 0.952 bits per heavy atom. The predicted octanol–water partition coefficient (Wildman–Crippen LogP) is 4.52. The van der Waals surface area contributed by atoms with Crippen molar-refractivity contribution >= 4 is 11.4 Å². The minimum absolute atomic E-state index is 0.254. The SMILES string of the molecule is Cc1c(NCc2ccc(N)cc2)ccc(C(F)(F)F)c1C. The lowest BCUT2D eigenvalue weighted by atomic mass is 10.0. The Morgan fingerprint density at radius 3 is 2.14 bits per heavy atom. The van der Waals surface area contributed by atoms with Gasteiger partial charge in [0.25, 0.3) is 0 Å². The average molecular weight is 294 g/mol. The second-order valence-corrected chi connectivity index (χ2v) is 5.00. The van der Waals surface area contributed by atoms with Crippen LogP contribution >= 0.6 is 0 Å². The van der Waals surface area contributed by atoms with E-state index in [1.54, 1.807) is 19.1 Å². The maximum absolute atomic E-state index is 12.8. The smallest absolute Gasteiger partial charge is 0.399 e. The highest BCUT2D eigenvalue weighted by atomic mass is 19.4. The highest BCUT2D eigenvalue weighted by Crippen LogP contribution is 2.35. The Hall–Kier alpha value is -2.17. The number of nitrogen functional groups attached to an aromatic ring is 1. The fourth-order valence-corrected chi connectivity index (χ4v) is 2.15. The van der Waals surface area contributed by atoms with Gasteiger partial charge in [0, 0.05) is 17.9 Å². The van der Waals surface area contributed by atoms with Gasteiger partial charge in [-0.15, -0.1) is 0 Å². The molecule has 0 aromatic heterocycles. The molecule has 0 atom stereocenters. The number of nitrogens with one attached hydrogen (secondary N) is 1. The molecule has 5 heteroatoms. The molecule has 0 bridgehead atoms. The number of anilines is 2. The predicted molar refractivity (Wildman–Crippen MR) is 79.1 cm³/mol. The molecule has 0 aliphatic rings. The molecule has 2 rings (SSSR count). The summed E-state index contributed by atoms with van der Waals surface area (Å²) < 4.78 is 38.5. The largest absolute Gasteiger partial charge is 0.416 e. The zero-order valence-electron chi connectivity index (χ0n) is 11.9. The Morgan fingerprint density at radius 2 is 1.57 bits per heavy atom. The Bertz CT molecular complexity index is 631. The van der Waals surface area contributed by atoms with Gasteiger partial charge >= 0.3 is 6.18 Å². The minimum Gasteiger partial charge on any atom is -0.399 e. The molecule has 3 N–H and O–H groups in total. The van der Waals surface area contributed by atoms with Gasteiger partial charge < -0.3 is 11.1 Å². The van der Waals surface area contributed by atoms with E-state index in [1.807, 2.05) is 12.1 Å². The highest BCUT2D eigenvalue weighted by molar-refractivity contribution is 5.57. The Kier molecular flexibility index (Phi) is 4.11. The molecule has 0 fully saturated rings. The summed E-state index contributed by atoms with van der Waals surface area (Å²) in [6, 6.07) is 9.95. The molecule has 21 heavy (non-hydrogen) atoms. The van der Waals surface area contributed by atoms with Crippen molar-refractivity contribution in [1.29, 1.82) is 0 Å². The summed E-state index contributed by atoms with van der Waals surface area (Å²) >= 11 is 0. The zero-order chi connectivity index (χ0) is 15.6. The summed E-state index contributed by atoms with van der Waals surface area (Å²) in [6.45, 7) is 3.72. The first-order valence-corrected chi connectivity index (χ1v) is 6.54. The fourth-order valence-electron chi connectivity index (χ4n) is 2.15. The molecule has 0 unspecified atom stereocenters. The van der Waals surface area contributed by atoms with Crippen LogP contribution in [0, 0.1) is 13.8 Å². The van der Waals surface area contributed by atoms with Gasteiger partial charge in [0.15, 0.2) is 0 Å². The van der Waals surface area contributed by atoms with Crippen molar-refractivity contribution in [2.24, 2.45) is 0 Å². The van der Waals surface area contributed by atoms with Crippen molar-refractivity contribution in [3.8, 4) is 0 Å². The third kappa shape index (κ3) is 3.48. The number of halogens is 3. The van der Waals surface area contributed by atoms with E-state index in [0.29, 0.717) is 23.5 Å². The van der Waals surface area contributed by atoms with Crippen LogP contribution < -0.4 is 11.1 Å². The molecular weight excluding hydrogens is 277 g/mol. The normalized spacial score (nSPS) is 11.5. The average Bonchev–Trinajstić information content (AvgIpc) is 2.41. The molecule has 0 saturated carbocycles. The van der Waals surface area contributed by atoms with Gasteiger partial charge in [-0.2, -0.15) is 13.2 Å². The topological polar surface area (TPSA) is 38.0 Å². The number of hydrogen-bond acceptors (Lipinski definition) is 2. The lowest BCUT2D eigenvalue weighted by Gasteiger charge is -2.16. The molecule has 0 radical (unpaired) electrons. The van der Waals surface area contributed by atoms with Crippen LogP contribution in [0.15, 0.2) is 36.4 Å². The van der Waals surface area contributed by atoms with Gasteiger partial charge in [0.05, 0.1) is 5.56 Å². The summed E-state index contributed by atoms with van der Waals surface area (Å²) in [7, 11) is 0. The molecule has 2 nitrogen and oxygen atoms in total. The molecule has 2 aromatic carbocycles. The lowest BCUT2D eigenvalue weighted by molar-refractivity contribution is -0.138. The summed E-state index contributed by atoms with van der Waals surface area (Å²) in [5.74, 6) is 0. The lowest BCUT2D eigenvalue weighted by Crippen LogP contribution is -2.10. The molecule has 0 amide bonds. The zero-order valence-corrected chi connectivity index (χ0v) is 11.9. The van der Waals surface area contributed by atoms with E-state index in [-0.39, 0.29) is 5.56 Å². The number of benzene rings is 2. The third-order valence-electron chi connectivity index (χ3n) is 3.56. The molecule has 0 spiro atoms. The maximum Gasteiger partial charge on any atom is 0.416 e. The van der Waals surface area contributed by atoms with Gasteiger partial charge in [-0.1, -0.05) is 12.1 Å². The highest BCUT2D eigenvalue weighted by Gasteiger charge is 2.32. The fraction of sp³-hybridized carbons (Fsp3) is 0.250. The van der Waals surface area contributed by atoms with Gasteiger partial charge in [-0.05, 0) is 54.8 Å². The summed E-state index contributed by atoms with van der Waals surface area (Å²) in [5.41, 5.74) is 8.29. The molecule has 0 aliphatic carbocycles. The van der Waals surface area contributed by atoms with Crippen LogP contribution in [0.1, 0.15) is 22.3 Å². The first-order chi connectivity index (χ1) is 9.79. The first kappa shape index (κ1) is 15.2. The van der Waals surface area contributed by atoms with Crippen LogP contribution in [0.2, 0.25) is 0 Å². The van der Waals surface area contributed by atoms with Crippen molar-refractivity contribution in [2.75, 3.05) is 11.1 Å². The monoisotopic (exact) mass is 294 g/mol. The summed E-state index contributed by atoms with van der Waals surface area (Å²) in [6.07, 6.45) is -4.32. The van der Waals surface area contributed by atoms with E-state index in [1.165, 1.54) is 13.0 Å². The second kappa shape index (κ2) is 5.68. The van der Waals surface area contributed by atoms with Crippen LogP contribution in [0.4, 0.5) is 24.5 Å². The first-order valence-electron chi connectivity index (χ1n) is 6.54. The van der Waals surface area contributed by atoms with Gasteiger partial charge in [0.2, 0.25) is 0 Å². The van der Waals surface area contributed by atoms with E-state index in [0.717, 1.165) is 11.6 Å². The maximum atomic E-state index is 12.8. The molecular formula is C16H17F3N2. The van der Waals surface area contributed by atoms with Crippen molar-refractivity contribution in [3.63, 3.8) is 0 Å². The number of nitrogens with two attached hydrogens (primary N) is 1. The summed E-state index contributed by atoms with van der Waals surface area (Å²) in [4.78, 5) is 0. The van der Waals surface area contributed by atoms with Crippen molar-refractivity contribution < 1.29 is 13.2 Å². The number of alkyl halides is 3. The molecule has 112 valence electrons. The van der Waals surface area contributed by atoms with Crippen molar-refractivity contribution in [3.05, 3.63) is 58.7 Å². The van der Waals surface area contributed by atoms with E-state index in [2.05, 4.69) is 5.32 Å². The van der Waals surface area contributed by atoms with E-state index in [4.69, 9.17) is 5.73 Å². The Balaban J connectivity index is 2.18. The summed E-state index contributed by atoms with van der Waals surface area (Å²) in [5, 5.41) is 3.16. The van der Waals surface area contributed by atoms with Crippen LogP contribution in [0.3, 0.4) is 0 Å². The minimum atomic E-state index is -4.32.